The van der Waals surface area contributed by atoms with Crippen LogP contribution in [0.25, 0.3) is 0 Å². The van der Waals surface area contributed by atoms with Gasteiger partial charge in [-0.2, -0.15) is 0 Å². The van der Waals surface area contributed by atoms with E-state index >= 15 is 0 Å². The molecule has 9 nitrogen and oxygen atoms in total. The van der Waals surface area contributed by atoms with Gasteiger partial charge in [0.2, 0.25) is 0 Å². The normalized spacial score (nSPS) is 12.5. The maximum atomic E-state index is 10.6. The zero-order valence-corrected chi connectivity index (χ0v) is 16.8. The monoisotopic (exact) mass is 396 g/mol. The molecule has 1 aromatic heterocycles. The number of aliphatic hydroxyl groups is 1. The van der Waals surface area contributed by atoms with E-state index in [1.807, 2.05) is 0 Å². The van der Waals surface area contributed by atoms with Gasteiger partial charge in [0.15, 0.2) is 0 Å². The summed E-state index contributed by atoms with van der Waals surface area (Å²) in [4.78, 5) is 46.0. The van der Waals surface area contributed by atoms with Crippen LogP contribution in [0.1, 0.15) is 0 Å². The summed E-state index contributed by atoms with van der Waals surface area (Å²) in [6, 6.07) is 0. The van der Waals surface area contributed by atoms with E-state index in [1.54, 1.807) is 0 Å². The Bertz CT molecular complexity index is 432. The minimum absolute atomic E-state index is 0. The van der Waals surface area contributed by atoms with Crippen LogP contribution in [0.4, 0.5) is 0 Å². The summed E-state index contributed by atoms with van der Waals surface area (Å²) < 4.78 is 22.1. The molecule has 18 heavy (non-hydrogen) atoms. The Hall–Kier alpha value is 0.717. The Labute approximate surface area is 127 Å². The van der Waals surface area contributed by atoms with E-state index in [0.29, 0.717) is 0 Å². The summed E-state index contributed by atoms with van der Waals surface area (Å²) in [5.74, 6) is 0. The Morgan fingerprint density at radius 2 is 1.61 bits per heavy atom. The van der Waals surface area contributed by atoms with Crippen molar-refractivity contribution in [1.82, 2.24) is 9.55 Å². The average molecular weight is 399 g/mol. The van der Waals surface area contributed by atoms with Gasteiger partial charge in [0.1, 0.15) is 5.08 Å². The second-order valence-corrected chi connectivity index (χ2v) is 6.83. The second-order valence-electron chi connectivity index (χ2n) is 3.00. The first-order valence-corrected chi connectivity index (χ1v) is 6.89. The molecule has 0 radical (unpaired) electrons. The first-order valence-electron chi connectivity index (χ1n) is 3.80. The quantitative estimate of drug-likeness (QED) is 0.400. The van der Waals surface area contributed by atoms with Crippen LogP contribution in [0.15, 0.2) is 18.7 Å². The summed E-state index contributed by atoms with van der Waals surface area (Å²) >= 11 is 0. The van der Waals surface area contributed by atoms with Crippen LogP contribution < -0.4 is 19.6 Å². The SMILES string of the molecule is O=P([O-])([O-])C(O)(Cn1ccnc1)P(=O)([O-])[O-].[Zn+2].[Zn+2]. The number of nitrogens with zero attached hydrogens (tertiary/aromatic N) is 2. The maximum absolute atomic E-state index is 10.6. The minimum Gasteiger partial charge on any atom is -0.808 e. The molecular formula is C5H6N2O7P2Zn2. The Kier molecular flexibility index (Phi) is 8.10. The van der Waals surface area contributed by atoms with Crippen molar-refractivity contribution in [1.29, 1.82) is 0 Å². The first-order chi connectivity index (χ1) is 7.08. The number of rotatable bonds is 4. The Morgan fingerprint density at radius 1 is 1.17 bits per heavy atom. The van der Waals surface area contributed by atoms with Crippen LogP contribution in [-0.4, -0.2) is 19.7 Å². The zero-order valence-electron chi connectivity index (χ0n) is 9.04. The smallest absolute Gasteiger partial charge is 0.808 e. The topological polar surface area (TPSA) is 164 Å². The van der Waals surface area contributed by atoms with Crippen molar-refractivity contribution in [3.63, 3.8) is 0 Å². The van der Waals surface area contributed by atoms with Gasteiger partial charge in [0, 0.05) is 12.4 Å². The van der Waals surface area contributed by atoms with Crippen LogP contribution in [0.5, 0.6) is 0 Å². The van der Waals surface area contributed by atoms with Crippen molar-refractivity contribution >= 4 is 15.2 Å². The molecule has 1 rings (SSSR count). The second kappa shape index (κ2) is 6.94. The molecular weight excluding hydrogens is 393 g/mol. The van der Waals surface area contributed by atoms with Crippen LogP contribution in [0, 0.1) is 0 Å². The summed E-state index contributed by atoms with van der Waals surface area (Å²) in [6.45, 7) is -1.21. The molecule has 1 N–H and O–H groups in total. The van der Waals surface area contributed by atoms with Gasteiger partial charge < -0.3 is 38.4 Å². The number of hydrogen-bond acceptors (Lipinski definition) is 8. The van der Waals surface area contributed by atoms with E-state index < -0.39 is 26.8 Å². The largest absolute Gasteiger partial charge is 2.00 e. The zero-order chi connectivity index (χ0) is 12.6. The molecule has 0 saturated heterocycles. The fourth-order valence-electron chi connectivity index (χ4n) is 0.948. The minimum atomic E-state index is -6.03. The molecule has 0 amide bonds. The van der Waals surface area contributed by atoms with Gasteiger partial charge in [-0.1, -0.05) is 0 Å². The molecule has 1 heterocycles. The Morgan fingerprint density at radius 3 is 1.89 bits per heavy atom. The van der Waals surface area contributed by atoms with Gasteiger partial charge in [-0.05, 0) is 15.2 Å². The van der Waals surface area contributed by atoms with E-state index in [2.05, 4.69) is 4.98 Å². The molecule has 0 spiro atoms. The van der Waals surface area contributed by atoms with Gasteiger partial charge in [0.25, 0.3) is 0 Å². The van der Waals surface area contributed by atoms with Gasteiger partial charge in [-0.25, -0.2) is 4.98 Å². The summed E-state index contributed by atoms with van der Waals surface area (Å²) in [5, 5.41) is 5.34. The molecule has 0 atom stereocenters. The summed E-state index contributed by atoms with van der Waals surface area (Å²) in [6.07, 6.45) is 3.20. The third-order valence-corrected chi connectivity index (χ3v) is 5.34. The Balaban J connectivity index is 0. The average Bonchev–Trinajstić information content (AvgIpc) is 2.52. The third kappa shape index (κ3) is 4.38. The molecule has 0 bridgehead atoms. The molecule has 0 saturated carbocycles. The van der Waals surface area contributed by atoms with E-state index in [9.17, 15) is 33.8 Å². The molecule has 92 valence electrons. The van der Waals surface area contributed by atoms with Gasteiger partial charge in [-0.15, -0.1) is 0 Å². The van der Waals surface area contributed by atoms with Crippen molar-refractivity contribution in [2.75, 3.05) is 0 Å². The van der Waals surface area contributed by atoms with Crippen molar-refractivity contribution in [3.05, 3.63) is 18.7 Å². The molecule has 0 aliphatic heterocycles. The predicted octanol–water partition coefficient (Wildman–Crippen LogP) is -3.65. The van der Waals surface area contributed by atoms with Crippen molar-refractivity contribution in [3.8, 4) is 0 Å². The van der Waals surface area contributed by atoms with Crippen molar-refractivity contribution in [2.45, 2.75) is 11.6 Å². The number of aromatic nitrogens is 2. The molecule has 0 fully saturated rings. The standard InChI is InChI=1S/C5H10N2O7P2.2Zn/c8-5(15(9,10)11,16(12,13)14)3-7-2-1-6-4-7;;/h1-2,4,8H,3H2,(H2,9,10,11)(H2,12,13,14);;/q;2*+2/p-4. The summed E-state index contributed by atoms with van der Waals surface area (Å²) in [5.41, 5.74) is 0. The number of hydrogen-bond donors (Lipinski definition) is 1. The van der Waals surface area contributed by atoms with Gasteiger partial charge >= 0.3 is 39.0 Å². The van der Waals surface area contributed by atoms with E-state index in [-0.39, 0.29) is 39.0 Å². The molecule has 0 unspecified atom stereocenters. The van der Waals surface area contributed by atoms with E-state index in [4.69, 9.17) is 0 Å². The summed E-state index contributed by atoms with van der Waals surface area (Å²) in [7, 11) is -12.1. The third-order valence-electron chi connectivity index (χ3n) is 1.83. The number of imidazole rings is 1. The van der Waals surface area contributed by atoms with Crippen LogP contribution in [0.3, 0.4) is 0 Å². The fourth-order valence-corrected chi connectivity index (χ4v) is 2.82. The van der Waals surface area contributed by atoms with Crippen LogP contribution in [0.2, 0.25) is 0 Å². The van der Waals surface area contributed by atoms with Gasteiger partial charge in [-0.3, -0.25) is 0 Å². The van der Waals surface area contributed by atoms with E-state index in [1.165, 1.54) is 0 Å². The van der Waals surface area contributed by atoms with Gasteiger partial charge in [0.05, 0.1) is 12.9 Å². The molecule has 0 aliphatic rings. The molecule has 0 aliphatic carbocycles. The van der Waals surface area contributed by atoms with E-state index in [0.717, 1.165) is 23.3 Å². The predicted molar refractivity (Wildman–Crippen MR) is 42.4 cm³/mol. The fraction of sp³-hybridized carbons (Fsp3) is 0.400. The maximum Gasteiger partial charge on any atom is 2.00 e. The van der Waals surface area contributed by atoms with Crippen molar-refractivity contribution in [2.24, 2.45) is 0 Å². The van der Waals surface area contributed by atoms with Crippen LogP contribution >= 0.6 is 15.2 Å². The molecule has 13 heteroatoms. The first kappa shape index (κ1) is 21.0. The molecule has 1 aromatic rings. The van der Waals surface area contributed by atoms with Crippen LogP contribution in [-0.2, 0) is 54.6 Å². The molecule has 0 aromatic carbocycles. The van der Waals surface area contributed by atoms with Crippen molar-refractivity contribution < 1.29 is 72.8 Å².